The highest BCUT2D eigenvalue weighted by atomic mass is 16.5. The van der Waals surface area contributed by atoms with Crippen LogP contribution >= 0.6 is 0 Å². The fourth-order valence-corrected chi connectivity index (χ4v) is 1.86. The Bertz CT molecular complexity index is 328. The van der Waals surface area contributed by atoms with Gasteiger partial charge in [-0.3, -0.25) is 0 Å². The molecule has 1 aromatic rings. The molecule has 1 aromatic heterocycles. The maximum Gasteiger partial charge on any atom is 0.0872 e. The van der Waals surface area contributed by atoms with Crippen molar-refractivity contribution < 1.29 is 9.47 Å². The molecule has 0 aromatic carbocycles. The fraction of sp³-hybridized carbons (Fsp3) is 0.833. The molecule has 0 atom stereocenters. The Hall–Kier alpha value is -0.980. The summed E-state index contributed by atoms with van der Waals surface area (Å²) >= 11 is 0. The van der Waals surface area contributed by atoms with Gasteiger partial charge in [0.15, 0.2) is 0 Å². The van der Waals surface area contributed by atoms with E-state index < -0.39 is 0 Å². The maximum absolute atomic E-state index is 5.58. The minimum Gasteiger partial charge on any atom is -0.385 e. The molecule has 0 amide bonds. The number of aromatic nitrogens is 3. The lowest BCUT2D eigenvalue weighted by Gasteiger charge is -2.07. The average Bonchev–Trinajstić information content (AvgIpc) is 2.75. The minimum atomic E-state index is 0.600. The van der Waals surface area contributed by atoms with Crippen LogP contribution in [0.4, 0.5) is 0 Å². The number of rotatable bonds is 10. The molecule has 0 fully saturated rings. The SMILES string of the molecule is COCCCCn1nnc(CCN)c1CCOC. The van der Waals surface area contributed by atoms with Crippen molar-refractivity contribution in [3.8, 4) is 0 Å². The van der Waals surface area contributed by atoms with Crippen LogP contribution in [0.1, 0.15) is 24.2 Å². The summed E-state index contributed by atoms with van der Waals surface area (Å²) in [6.07, 6.45) is 3.69. The molecule has 0 aliphatic heterocycles. The molecule has 18 heavy (non-hydrogen) atoms. The molecular weight excluding hydrogens is 232 g/mol. The Balaban J connectivity index is 2.58. The Morgan fingerprint density at radius 1 is 1.11 bits per heavy atom. The molecule has 104 valence electrons. The lowest BCUT2D eigenvalue weighted by molar-refractivity contribution is 0.189. The van der Waals surface area contributed by atoms with Crippen molar-refractivity contribution in [1.29, 1.82) is 0 Å². The summed E-state index contributed by atoms with van der Waals surface area (Å²) in [6, 6.07) is 0. The van der Waals surface area contributed by atoms with Crippen molar-refractivity contribution >= 4 is 0 Å². The van der Waals surface area contributed by atoms with E-state index in [1.54, 1.807) is 14.2 Å². The van der Waals surface area contributed by atoms with Gasteiger partial charge in [0, 0.05) is 40.2 Å². The van der Waals surface area contributed by atoms with Crippen molar-refractivity contribution in [1.82, 2.24) is 15.0 Å². The van der Waals surface area contributed by atoms with Crippen molar-refractivity contribution in [2.75, 3.05) is 34.0 Å². The van der Waals surface area contributed by atoms with Gasteiger partial charge in [-0.15, -0.1) is 5.10 Å². The summed E-state index contributed by atoms with van der Waals surface area (Å²) in [5.74, 6) is 0. The standard InChI is InChI=1S/C12H24N4O2/c1-17-9-4-3-8-16-12(6-10-18-2)11(5-7-13)14-15-16/h3-10,13H2,1-2H3. The monoisotopic (exact) mass is 256 g/mol. The van der Waals surface area contributed by atoms with E-state index in [0.717, 1.165) is 50.2 Å². The Morgan fingerprint density at radius 2 is 1.89 bits per heavy atom. The summed E-state index contributed by atoms with van der Waals surface area (Å²) in [6.45, 7) is 2.95. The highest BCUT2D eigenvalue weighted by molar-refractivity contribution is 5.11. The fourth-order valence-electron chi connectivity index (χ4n) is 1.86. The number of hydrogen-bond donors (Lipinski definition) is 1. The van der Waals surface area contributed by atoms with Crippen LogP contribution in [0.5, 0.6) is 0 Å². The van der Waals surface area contributed by atoms with Crippen LogP contribution in [0.2, 0.25) is 0 Å². The molecule has 6 nitrogen and oxygen atoms in total. The first-order valence-corrected chi connectivity index (χ1v) is 6.42. The van der Waals surface area contributed by atoms with Gasteiger partial charge >= 0.3 is 0 Å². The van der Waals surface area contributed by atoms with Gasteiger partial charge in [0.2, 0.25) is 0 Å². The molecule has 2 N–H and O–H groups in total. The normalized spacial score (nSPS) is 11.1. The molecule has 0 spiro atoms. The summed E-state index contributed by atoms with van der Waals surface area (Å²) < 4.78 is 12.1. The molecule has 0 saturated carbocycles. The predicted molar refractivity (Wildman–Crippen MR) is 69.5 cm³/mol. The highest BCUT2D eigenvalue weighted by Gasteiger charge is 2.11. The quantitative estimate of drug-likeness (QED) is 0.613. The van der Waals surface area contributed by atoms with Gasteiger partial charge in [-0.25, -0.2) is 4.68 Å². The molecule has 6 heteroatoms. The topological polar surface area (TPSA) is 75.2 Å². The van der Waals surface area contributed by atoms with Gasteiger partial charge < -0.3 is 15.2 Å². The van der Waals surface area contributed by atoms with Crippen LogP contribution < -0.4 is 5.73 Å². The Kier molecular flexibility index (Phi) is 7.55. The van der Waals surface area contributed by atoms with Crippen LogP contribution in [0.3, 0.4) is 0 Å². The van der Waals surface area contributed by atoms with Crippen LogP contribution in [0, 0.1) is 0 Å². The highest BCUT2D eigenvalue weighted by Crippen LogP contribution is 2.09. The molecule has 1 rings (SSSR count). The number of hydrogen-bond acceptors (Lipinski definition) is 5. The number of nitrogens with zero attached hydrogens (tertiary/aromatic N) is 3. The van der Waals surface area contributed by atoms with E-state index in [0.29, 0.717) is 13.2 Å². The third kappa shape index (κ3) is 4.72. The Labute approximate surface area is 108 Å². The second kappa shape index (κ2) is 9.02. The second-order valence-corrected chi connectivity index (χ2v) is 4.19. The summed E-state index contributed by atoms with van der Waals surface area (Å²) in [7, 11) is 3.42. The molecule has 1 heterocycles. The van der Waals surface area contributed by atoms with Crippen LogP contribution in [0.25, 0.3) is 0 Å². The summed E-state index contributed by atoms with van der Waals surface area (Å²) in [5, 5.41) is 8.40. The van der Waals surface area contributed by atoms with Gasteiger partial charge in [-0.2, -0.15) is 0 Å². The summed E-state index contributed by atoms with van der Waals surface area (Å²) in [4.78, 5) is 0. The van der Waals surface area contributed by atoms with Gasteiger partial charge in [-0.1, -0.05) is 5.21 Å². The first-order valence-electron chi connectivity index (χ1n) is 6.42. The van der Waals surface area contributed by atoms with E-state index in [-0.39, 0.29) is 0 Å². The predicted octanol–water partition coefficient (Wildman–Crippen LogP) is 0.395. The van der Waals surface area contributed by atoms with Crippen molar-refractivity contribution in [2.45, 2.75) is 32.2 Å². The largest absolute Gasteiger partial charge is 0.385 e. The van der Waals surface area contributed by atoms with E-state index in [1.807, 2.05) is 4.68 Å². The van der Waals surface area contributed by atoms with Crippen LogP contribution in [-0.4, -0.2) is 49.0 Å². The molecule has 0 bridgehead atoms. The van der Waals surface area contributed by atoms with Crippen molar-refractivity contribution in [2.24, 2.45) is 5.73 Å². The van der Waals surface area contributed by atoms with Crippen molar-refractivity contribution in [3.05, 3.63) is 11.4 Å². The molecule has 0 unspecified atom stereocenters. The van der Waals surface area contributed by atoms with Crippen LogP contribution in [0.15, 0.2) is 0 Å². The molecule has 0 aliphatic rings. The molecule has 0 aliphatic carbocycles. The lowest BCUT2D eigenvalue weighted by Crippen LogP contribution is -2.11. The van der Waals surface area contributed by atoms with Gasteiger partial charge in [0.05, 0.1) is 18.0 Å². The third-order valence-corrected chi connectivity index (χ3v) is 2.81. The van der Waals surface area contributed by atoms with E-state index in [1.165, 1.54) is 0 Å². The first kappa shape index (κ1) is 15.1. The number of ether oxygens (including phenoxy) is 2. The van der Waals surface area contributed by atoms with E-state index in [4.69, 9.17) is 15.2 Å². The lowest BCUT2D eigenvalue weighted by atomic mass is 10.2. The molecular formula is C12H24N4O2. The molecule has 0 radical (unpaired) electrons. The number of methoxy groups -OCH3 is 2. The number of unbranched alkanes of at least 4 members (excludes halogenated alkanes) is 1. The number of nitrogens with two attached hydrogens (primary N) is 1. The van der Waals surface area contributed by atoms with E-state index in [2.05, 4.69) is 10.3 Å². The zero-order valence-corrected chi connectivity index (χ0v) is 11.4. The average molecular weight is 256 g/mol. The van der Waals surface area contributed by atoms with E-state index >= 15 is 0 Å². The Morgan fingerprint density at radius 3 is 2.56 bits per heavy atom. The number of aryl methyl sites for hydroxylation is 1. The van der Waals surface area contributed by atoms with Crippen LogP contribution in [-0.2, 0) is 28.9 Å². The van der Waals surface area contributed by atoms with Gasteiger partial charge in [0.1, 0.15) is 0 Å². The second-order valence-electron chi connectivity index (χ2n) is 4.19. The smallest absolute Gasteiger partial charge is 0.0872 e. The van der Waals surface area contributed by atoms with Gasteiger partial charge in [0.25, 0.3) is 0 Å². The third-order valence-electron chi connectivity index (χ3n) is 2.81. The summed E-state index contributed by atoms with van der Waals surface area (Å²) in [5.41, 5.74) is 7.74. The van der Waals surface area contributed by atoms with E-state index in [9.17, 15) is 0 Å². The zero-order valence-electron chi connectivity index (χ0n) is 11.4. The molecule has 0 saturated heterocycles. The van der Waals surface area contributed by atoms with Crippen molar-refractivity contribution in [3.63, 3.8) is 0 Å². The first-order chi connectivity index (χ1) is 8.83. The van der Waals surface area contributed by atoms with Gasteiger partial charge in [-0.05, 0) is 19.4 Å². The minimum absolute atomic E-state index is 0.600. The maximum atomic E-state index is 5.58. The zero-order chi connectivity index (χ0) is 13.2.